The van der Waals surface area contributed by atoms with Crippen LogP contribution in [0.25, 0.3) is 0 Å². The molecule has 0 N–H and O–H groups in total. The van der Waals surface area contributed by atoms with E-state index in [4.69, 9.17) is 0 Å². The Hall–Kier alpha value is -0.873. The fourth-order valence-corrected chi connectivity index (χ4v) is 2.93. The molecule has 0 saturated carbocycles. The standard InChI is InChI=1S/C9H10N2O4S.Li/c12-9(13)7-5-11(6-7)16(14,15)8-2-1-3-10-4-8;/h1-4,7H,5-6H2,(H,12,13);/q;+1/p-1. The number of hydrogen-bond acceptors (Lipinski definition) is 5. The van der Waals surface area contributed by atoms with E-state index in [-0.39, 0.29) is 36.8 Å². The minimum Gasteiger partial charge on any atom is -0.550 e. The molecule has 6 nitrogen and oxygen atoms in total. The summed E-state index contributed by atoms with van der Waals surface area (Å²) in [5.41, 5.74) is 0. The van der Waals surface area contributed by atoms with Gasteiger partial charge in [-0.1, -0.05) is 0 Å². The van der Waals surface area contributed by atoms with Crippen molar-refractivity contribution < 1.29 is 37.2 Å². The van der Waals surface area contributed by atoms with Crippen molar-refractivity contribution in [2.75, 3.05) is 13.1 Å². The molecule has 0 bridgehead atoms. The molecule has 1 aromatic heterocycles. The fourth-order valence-electron chi connectivity index (χ4n) is 1.43. The number of sulfonamides is 1. The van der Waals surface area contributed by atoms with E-state index in [1.165, 1.54) is 24.5 Å². The molecule has 1 aliphatic heterocycles. The molecule has 0 aliphatic carbocycles. The maximum atomic E-state index is 11.9. The summed E-state index contributed by atoms with van der Waals surface area (Å²) in [4.78, 5) is 14.2. The summed E-state index contributed by atoms with van der Waals surface area (Å²) in [6, 6.07) is 2.94. The Morgan fingerprint density at radius 2 is 2.12 bits per heavy atom. The number of hydrogen-bond donors (Lipinski definition) is 0. The van der Waals surface area contributed by atoms with Gasteiger partial charge in [-0.25, -0.2) is 8.42 Å². The summed E-state index contributed by atoms with van der Waals surface area (Å²) < 4.78 is 24.8. The van der Waals surface area contributed by atoms with E-state index < -0.39 is 21.9 Å². The van der Waals surface area contributed by atoms with E-state index in [0.29, 0.717) is 0 Å². The van der Waals surface area contributed by atoms with E-state index in [1.807, 2.05) is 0 Å². The van der Waals surface area contributed by atoms with Crippen LogP contribution in [0.5, 0.6) is 0 Å². The third kappa shape index (κ3) is 2.69. The van der Waals surface area contributed by atoms with Crippen molar-refractivity contribution in [1.29, 1.82) is 0 Å². The van der Waals surface area contributed by atoms with Gasteiger partial charge in [0.25, 0.3) is 0 Å². The predicted molar refractivity (Wildman–Crippen MR) is 51.5 cm³/mol. The number of carboxylic acid groups (broad SMARTS) is 1. The minimum absolute atomic E-state index is 0. The van der Waals surface area contributed by atoms with Gasteiger partial charge in [0.1, 0.15) is 4.90 Å². The molecule has 17 heavy (non-hydrogen) atoms. The van der Waals surface area contributed by atoms with Crippen molar-refractivity contribution in [1.82, 2.24) is 9.29 Å². The van der Waals surface area contributed by atoms with Crippen molar-refractivity contribution >= 4 is 16.0 Å². The molecular formula is C9H9LiN2O4S. The van der Waals surface area contributed by atoms with Crippen LogP contribution in [0.2, 0.25) is 0 Å². The molecule has 0 aromatic carbocycles. The molecule has 8 heteroatoms. The van der Waals surface area contributed by atoms with Gasteiger partial charge in [-0.15, -0.1) is 0 Å². The second-order valence-electron chi connectivity index (χ2n) is 3.53. The van der Waals surface area contributed by atoms with Crippen molar-refractivity contribution in [2.45, 2.75) is 4.90 Å². The molecule has 0 radical (unpaired) electrons. The Morgan fingerprint density at radius 3 is 2.59 bits per heavy atom. The molecule has 1 saturated heterocycles. The Kier molecular flexibility index (Phi) is 4.33. The van der Waals surface area contributed by atoms with Gasteiger partial charge in [0.15, 0.2) is 0 Å². The second kappa shape index (κ2) is 5.19. The first-order valence-electron chi connectivity index (χ1n) is 4.63. The number of aliphatic carboxylic acids is 1. The average molecular weight is 248 g/mol. The van der Waals surface area contributed by atoms with E-state index in [9.17, 15) is 18.3 Å². The van der Waals surface area contributed by atoms with Crippen LogP contribution in [0.4, 0.5) is 0 Å². The van der Waals surface area contributed by atoms with E-state index in [0.717, 1.165) is 4.31 Å². The quantitative estimate of drug-likeness (QED) is 0.502. The first-order valence-corrected chi connectivity index (χ1v) is 6.07. The van der Waals surface area contributed by atoms with Gasteiger partial charge in [0.2, 0.25) is 10.0 Å². The number of pyridine rings is 1. The van der Waals surface area contributed by atoms with E-state index in [2.05, 4.69) is 4.98 Å². The van der Waals surface area contributed by atoms with Crippen LogP contribution in [0.1, 0.15) is 0 Å². The predicted octanol–water partition coefficient (Wildman–Crippen LogP) is -4.54. The molecule has 2 rings (SSSR count). The molecule has 0 spiro atoms. The van der Waals surface area contributed by atoms with Crippen LogP contribution in [-0.2, 0) is 14.8 Å². The molecule has 0 amide bonds. The fraction of sp³-hybridized carbons (Fsp3) is 0.333. The first-order chi connectivity index (χ1) is 7.51. The van der Waals surface area contributed by atoms with Crippen LogP contribution in [0, 0.1) is 5.92 Å². The number of rotatable bonds is 3. The molecule has 1 aromatic rings. The van der Waals surface area contributed by atoms with E-state index in [1.54, 1.807) is 0 Å². The monoisotopic (exact) mass is 248 g/mol. The Morgan fingerprint density at radius 1 is 1.47 bits per heavy atom. The molecule has 2 heterocycles. The van der Waals surface area contributed by atoms with Crippen LogP contribution in [0.15, 0.2) is 29.4 Å². The first kappa shape index (κ1) is 14.2. The van der Waals surface area contributed by atoms with Gasteiger partial charge < -0.3 is 9.90 Å². The van der Waals surface area contributed by atoms with Gasteiger partial charge in [-0.05, 0) is 12.1 Å². The SMILES string of the molecule is O=C([O-])C1CN(S(=O)(=O)c2cccnc2)C1.[Li+]. The summed E-state index contributed by atoms with van der Waals surface area (Å²) in [6.07, 6.45) is 2.71. The Balaban J connectivity index is 0.00000144. The molecular weight excluding hydrogens is 239 g/mol. The van der Waals surface area contributed by atoms with Gasteiger partial charge in [0, 0.05) is 37.4 Å². The van der Waals surface area contributed by atoms with Gasteiger partial charge >= 0.3 is 18.9 Å². The zero-order chi connectivity index (χ0) is 11.8. The summed E-state index contributed by atoms with van der Waals surface area (Å²) in [5, 5.41) is 10.4. The second-order valence-corrected chi connectivity index (χ2v) is 5.46. The number of carbonyl (C=O) groups is 1. The number of aromatic nitrogens is 1. The zero-order valence-electron chi connectivity index (χ0n) is 9.24. The summed E-state index contributed by atoms with van der Waals surface area (Å²) >= 11 is 0. The van der Waals surface area contributed by atoms with Crippen LogP contribution < -0.4 is 24.0 Å². The molecule has 0 unspecified atom stereocenters. The van der Waals surface area contributed by atoms with Crippen molar-refractivity contribution in [2.24, 2.45) is 5.92 Å². The third-order valence-corrected chi connectivity index (χ3v) is 4.27. The zero-order valence-corrected chi connectivity index (χ0v) is 10.1. The van der Waals surface area contributed by atoms with Crippen LogP contribution in [-0.4, -0.2) is 36.8 Å². The third-order valence-electron chi connectivity index (χ3n) is 2.45. The maximum absolute atomic E-state index is 11.9. The van der Waals surface area contributed by atoms with Crippen molar-refractivity contribution in [3.8, 4) is 0 Å². The molecule has 86 valence electrons. The summed E-state index contributed by atoms with van der Waals surface area (Å²) in [5.74, 6) is -1.91. The maximum Gasteiger partial charge on any atom is 1.00 e. The van der Waals surface area contributed by atoms with Gasteiger partial charge in [-0.3, -0.25) is 4.98 Å². The summed E-state index contributed by atoms with van der Waals surface area (Å²) in [6.45, 7) is -0.0564. The largest absolute Gasteiger partial charge is 1.00 e. The van der Waals surface area contributed by atoms with Gasteiger partial charge in [0.05, 0.1) is 0 Å². The number of nitrogens with zero attached hydrogens (tertiary/aromatic N) is 2. The van der Waals surface area contributed by atoms with Crippen molar-refractivity contribution in [3.05, 3.63) is 24.5 Å². The molecule has 0 atom stereocenters. The smallest absolute Gasteiger partial charge is 0.550 e. The van der Waals surface area contributed by atoms with Crippen molar-refractivity contribution in [3.63, 3.8) is 0 Å². The number of carboxylic acids is 1. The molecule has 1 fully saturated rings. The topological polar surface area (TPSA) is 90.4 Å². The van der Waals surface area contributed by atoms with E-state index >= 15 is 0 Å². The van der Waals surface area contributed by atoms with Crippen LogP contribution >= 0.6 is 0 Å². The Bertz CT molecular complexity index is 499. The average Bonchev–Trinajstić information content (AvgIpc) is 2.15. The Labute approximate surface area is 111 Å². The molecule has 1 aliphatic rings. The normalized spacial score (nSPS) is 16.9. The summed E-state index contributed by atoms with van der Waals surface area (Å²) in [7, 11) is -3.59. The minimum atomic E-state index is -3.59. The number of carbonyl (C=O) groups excluding carboxylic acids is 1. The van der Waals surface area contributed by atoms with Crippen LogP contribution in [0.3, 0.4) is 0 Å². The van der Waals surface area contributed by atoms with Gasteiger partial charge in [-0.2, -0.15) is 4.31 Å².